The molecule has 1 atom stereocenters. The number of likely N-dealkylation sites (N-methyl/N-ethyl adjacent to an activating group) is 1. The summed E-state index contributed by atoms with van der Waals surface area (Å²) in [5, 5.41) is 3.33. The number of hydrogen-bond acceptors (Lipinski definition) is 3. The van der Waals surface area contributed by atoms with Gasteiger partial charge in [0, 0.05) is 26.6 Å². The van der Waals surface area contributed by atoms with Gasteiger partial charge in [-0.2, -0.15) is 0 Å². The van der Waals surface area contributed by atoms with Gasteiger partial charge in [-0.1, -0.05) is 0 Å². The summed E-state index contributed by atoms with van der Waals surface area (Å²) in [5.74, 6) is 1.05. The third kappa shape index (κ3) is 1.58. The lowest BCUT2D eigenvalue weighted by molar-refractivity contribution is -0.101. The highest BCUT2D eigenvalue weighted by molar-refractivity contribution is 5.10. The fourth-order valence-corrected chi connectivity index (χ4v) is 2.42. The monoisotopic (exact) mass is 209 g/mol. The highest BCUT2D eigenvalue weighted by Gasteiger charge is 2.46. The van der Waals surface area contributed by atoms with E-state index in [2.05, 4.69) is 14.9 Å². The van der Waals surface area contributed by atoms with Crippen LogP contribution in [0.1, 0.15) is 31.1 Å². The first-order chi connectivity index (χ1) is 7.23. The summed E-state index contributed by atoms with van der Waals surface area (Å²) in [7, 11) is 5.79. The molecule has 1 heterocycles. The van der Waals surface area contributed by atoms with Gasteiger partial charge < -0.3 is 14.6 Å². The van der Waals surface area contributed by atoms with Gasteiger partial charge in [-0.3, -0.25) is 0 Å². The largest absolute Gasteiger partial charge is 0.376 e. The number of imidazole rings is 1. The molecule has 15 heavy (non-hydrogen) atoms. The lowest BCUT2D eigenvalue weighted by atomic mass is 9.74. The van der Waals surface area contributed by atoms with Gasteiger partial charge in [0.2, 0.25) is 0 Å². The molecule has 0 saturated heterocycles. The molecular weight excluding hydrogens is 190 g/mol. The Bertz CT molecular complexity index is 325. The third-order valence-corrected chi connectivity index (χ3v) is 3.54. The Morgan fingerprint density at radius 3 is 2.67 bits per heavy atom. The van der Waals surface area contributed by atoms with Gasteiger partial charge >= 0.3 is 0 Å². The van der Waals surface area contributed by atoms with Crippen molar-refractivity contribution in [3.05, 3.63) is 18.2 Å². The average Bonchev–Trinajstić information content (AvgIpc) is 2.58. The molecule has 4 heteroatoms. The number of ether oxygens (including phenoxy) is 1. The van der Waals surface area contributed by atoms with Gasteiger partial charge in [0.1, 0.15) is 5.82 Å². The van der Waals surface area contributed by atoms with Gasteiger partial charge in [0.25, 0.3) is 0 Å². The molecule has 4 nitrogen and oxygen atoms in total. The maximum Gasteiger partial charge on any atom is 0.128 e. The van der Waals surface area contributed by atoms with Gasteiger partial charge in [-0.15, -0.1) is 0 Å². The number of nitrogens with zero attached hydrogens (tertiary/aromatic N) is 2. The molecule has 84 valence electrons. The fraction of sp³-hybridized carbons (Fsp3) is 0.727. The molecule has 1 unspecified atom stereocenters. The number of nitrogens with one attached hydrogen (secondary N) is 1. The molecule has 0 aromatic carbocycles. The van der Waals surface area contributed by atoms with Gasteiger partial charge in [0.05, 0.1) is 11.6 Å². The second-order valence-corrected chi connectivity index (χ2v) is 4.24. The fourth-order valence-electron chi connectivity index (χ4n) is 2.42. The molecule has 0 amide bonds. The molecule has 1 fully saturated rings. The predicted molar refractivity (Wildman–Crippen MR) is 58.6 cm³/mol. The van der Waals surface area contributed by atoms with Crippen molar-refractivity contribution < 1.29 is 4.74 Å². The van der Waals surface area contributed by atoms with E-state index in [-0.39, 0.29) is 11.6 Å². The van der Waals surface area contributed by atoms with Crippen LogP contribution in [0.3, 0.4) is 0 Å². The van der Waals surface area contributed by atoms with Crippen molar-refractivity contribution in [3.8, 4) is 0 Å². The van der Waals surface area contributed by atoms with Crippen molar-refractivity contribution in [2.45, 2.75) is 30.9 Å². The number of methoxy groups -OCH3 is 1. The first-order valence-electron chi connectivity index (χ1n) is 5.43. The number of hydrogen-bond donors (Lipinski definition) is 1. The molecule has 1 N–H and O–H groups in total. The Morgan fingerprint density at radius 2 is 2.33 bits per heavy atom. The lowest BCUT2D eigenvalue weighted by Gasteiger charge is -2.45. The zero-order valence-corrected chi connectivity index (χ0v) is 9.66. The molecule has 0 radical (unpaired) electrons. The maximum atomic E-state index is 5.69. The van der Waals surface area contributed by atoms with Crippen LogP contribution >= 0.6 is 0 Å². The number of aromatic nitrogens is 2. The van der Waals surface area contributed by atoms with Crippen molar-refractivity contribution in [3.63, 3.8) is 0 Å². The molecule has 1 aromatic heterocycles. The zero-order valence-electron chi connectivity index (χ0n) is 9.66. The van der Waals surface area contributed by atoms with Crippen molar-refractivity contribution in [1.29, 1.82) is 0 Å². The van der Waals surface area contributed by atoms with Crippen molar-refractivity contribution in [2.24, 2.45) is 7.05 Å². The highest BCUT2D eigenvalue weighted by Crippen LogP contribution is 2.44. The normalized spacial score (nSPS) is 21.0. The summed E-state index contributed by atoms with van der Waals surface area (Å²) in [6, 6.07) is 0.191. The summed E-state index contributed by atoms with van der Waals surface area (Å²) in [5.41, 5.74) is -0.0478. The second kappa shape index (κ2) is 3.94. The third-order valence-electron chi connectivity index (χ3n) is 3.54. The maximum absolute atomic E-state index is 5.69. The van der Waals surface area contributed by atoms with E-state index >= 15 is 0 Å². The standard InChI is InChI=1S/C11H19N3O/c1-12-9(10-13-7-8-14(10)2)11(15-3)5-4-6-11/h7-9,12H,4-6H2,1-3H3. The SMILES string of the molecule is CNC(c1nccn1C)C1(OC)CCC1. The molecular formula is C11H19N3O. The smallest absolute Gasteiger partial charge is 0.128 e. The first-order valence-corrected chi connectivity index (χ1v) is 5.43. The van der Waals surface area contributed by atoms with Crippen LogP contribution < -0.4 is 5.32 Å². The van der Waals surface area contributed by atoms with E-state index in [0.717, 1.165) is 18.7 Å². The average molecular weight is 209 g/mol. The molecule has 1 aliphatic rings. The minimum absolute atomic E-state index is 0.0478. The Labute approximate surface area is 90.6 Å². The summed E-state index contributed by atoms with van der Waals surface area (Å²) < 4.78 is 7.75. The van der Waals surface area contributed by atoms with Crippen molar-refractivity contribution in [1.82, 2.24) is 14.9 Å². The van der Waals surface area contributed by atoms with Gasteiger partial charge in [0.15, 0.2) is 0 Å². The van der Waals surface area contributed by atoms with Crippen LogP contribution in [-0.4, -0.2) is 29.3 Å². The molecule has 0 bridgehead atoms. The minimum Gasteiger partial charge on any atom is -0.376 e. The first kappa shape index (κ1) is 10.6. The van der Waals surface area contributed by atoms with E-state index in [1.807, 2.05) is 26.5 Å². The van der Waals surface area contributed by atoms with Crippen LogP contribution in [0, 0.1) is 0 Å². The number of aryl methyl sites for hydroxylation is 1. The number of rotatable bonds is 4. The van der Waals surface area contributed by atoms with E-state index in [0.29, 0.717) is 0 Å². The topological polar surface area (TPSA) is 39.1 Å². The Kier molecular flexibility index (Phi) is 2.80. The zero-order chi connectivity index (χ0) is 10.9. The molecule has 1 aromatic rings. The van der Waals surface area contributed by atoms with Gasteiger partial charge in [-0.05, 0) is 26.3 Å². The van der Waals surface area contributed by atoms with Crippen LogP contribution in [0.2, 0.25) is 0 Å². The van der Waals surface area contributed by atoms with Gasteiger partial charge in [-0.25, -0.2) is 4.98 Å². The van der Waals surface area contributed by atoms with Crippen LogP contribution in [-0.2, 0) is 11.8 Å². The Hall–Kier alpha value is -0.870. The lowest BCUT2D eigenvalue weighted by Crippen LogP contribution is -2.50. The van der Waals surface area contributed by atoms with E-state index < -0.39 is 0 Å². The van der Waals surface area contributed by atoms with Crippen LogP contribution in [0.5, 0.6) is 0 Å². The Balaban J connectivity index is 2.27. The van der Waals surface area contributed by atoms with E-state index in [1.165, 1.54) is 6.42 Å². The van der Waals surface area contributed by atoms with E-state index in [1.54, 1.807) is 7.11 Å². The molecule has 0 aliphatic heterocycles. The molecule has 0 spiro atoms. The van der Waals surface area contributed by atoms with Crippen molar-refractivity contribution in [2.75, 3.05) is 14.2 Å². The molecule has 1 aliphatic carbocycles. The quantitative estimate of drug-likeness (QED) is 0.811. The van der Waals surface area contributed by atoms with Crippen LogP contribution in [0.25, 0.3) is 0 Å². The minimum atomic E-state index is -0.0478. The Morgan fingerprint density at radius 1 is 1.60 bits per heavy atom. The molecule has 2 rings (SSSR count). The summed E-state index contributed by atoms with van der Waals surface area (Å²) in [6.45, 7) is 0. The van der Waals surface area contributed by atoms with E-state index in [4.69, 9.17) is 4.74 Å². The van der Waals surface area contributed by atoms with Crippen LogP contribution in [0.15, 0.2) is 12.4 Å². The summed E-state index contributed by atoms with van der Waals surface area (Å²) >= 11 is 0. The van der Waals surface area contributed by atoms with E-state index in [9.17, 15) is 0 Å². The highest BCUT2D eigenvalue weighted by atomic mass is 16.5. The summed E-state index contributed by atoms with van der Waals surface area (Å²) in [6.07, 6.45) is 7.28. The van der Waals surface area contributed by atoms with Crippen molar-refractivity contribution >= 4 is 0 Å². The van der Waals surface area contributed by atoms with Crippen LogP contribution in [0.4, 0.5) is 0 Å². The second-order valence-electron chi connectivity index (χ2n) is 4.24. The molecule has 1 saturated carbocycles. The predicted octanol–water partition coefficient (Wildman–Crippen LogP) is 1.25. The summed E-state index contributed by atoms with van der Waals surface area (Å²) in [4.78, 5) is 4.40.